The SMILES string of the molecule is C[C@H](Sc1nnnn1-c1ccc(Cl)cc1)C(=O)N(CCC#N)c1ccccc1. The molecule has 28 heavy (non-hydrogen) atoms. The van der Waals surface area contributed by atoms with Crippen molar-refractivity contribution in [2.75, 3.05) is 11.4 Å². The normalized spacial score (nSPS) is 11.6. The molecule has 142 valence electrons. The zero-order valence-electron chi connectivity index (χ0n) is 15.1. The van der Waals surface area contributed by atoms with Gasteiger partial charge < -0.3 is 4.90 Å². The first-order valence-corrected chi connectivity index (χ1v) is 9.80. The van der Waals surface area contributed by atoms with Gasteiger partial charge in [0.1, 0.15) is 0 Å². The first-order valence-electron chi connectivity index (χ1n) is 8.54. The molecule has 0 radical (unpaired) electrons. The van der Waals surface area contributed by atoms with Crippen LogP contribution in [0.5, 0.6) is 0 Å². The van der Waals surface area contributed by atoms with Crippen molar-refractivity contribution in [2.45, 2.75) is 23.8 Å². The molecule has 7 nitrogen and oxygen atoms in total. The van der Waals surface area contributed by atoms with E-state index in [9.17, 15) is 4.79 Å². The molecule has 1 amide bonds. The van der Waals surface area contributed by atoms with Crippen molar-refractivity contribution in [2.24, 2.45) is 0 Å². The van der Waals surface area contributed by atoms with E-state index in [1.54, 1.807) is 40.8 Å². The number of tetrazole rings is 1. The van der Waals surface area contributed by atoms with Crippen LogP contribution in [0.3, 0.4) is 0 Å². The van der Waals surface area contributed by atoms with Gasteiger partial charge in [-0.25, -0.2) is 0 Å². The molecule has 0 bridgehead atoms. The van der Waals surface area contributed by atoms with Gasteiger partial charge in [0, 0.05) is 17.3 Å². The van der Waals surface area contributed by atoms with E-state index < -0.39 is 5.25 Å². The van der Waals surface area contributed by atoms with Crippen molar-refractivity contribution in [3.05, 3.63) is 59.6 Å². The molecule has 3 aromatic rings. The predicted molar refractivity (Wildman–Crippen MR) is 109 cm³/mol. The molecule has 1 atom stereocenters. The Kier molecular flexibility index (Phi) is 6.63. The third kappa shape index (κ3) is 4.68. The zero-order valence-corrected chi connectivity index (χ0v) is 16.6. The molecule has 9 heteroatoms. The number of hydrogen-bond donors (Lipinski definition) is 0. The summed E-state index contributed by atoms with van der Waals surface area (Å²) in [5.74, 6) is -0.114. The number of hydrogen-bond acceptors (Lipinski definition) is 6. The number of benzene rings is 2. The highest BCUT2D eigenvalue weighted by Crippen LogP contribution is 2.26. The van der Waals surface area contributed by atoms with Gasteiger partial charge in [0.2, 0.25) is 11.1 Å². The van der Waals surface area contributed by atoms with E-state index in [-0.39, 0.29) is 12.3 Å². The Bertz CT molecular complexity index is 970. The third-order valence-electron chi connectivity index (χ3n) is 3.92. The average Bonchev–Trinajstić information content (AvgIpc) is 3.17. The summed E-state index contributed by atoms with van der Waals surface area (Å²) in [7, 11) is 0. The number of nitriles is 1. The minimum atomic E-state index is -0.448. The van der Waals surface area contributed by atoms with Gasteiger partial charge in [-0.05, 0) is 53.7 Å². The molecule has 0 aliphatic heterocycles. The van der Waals surface area contributed by atoms with Crippen LogP contribution >= 0.6 is 23.4 Å². The van der Waals surface area contributed by atoms with Gasteiger partial charge in [-0.15, -0.1) is 5.10 Å². The fourth-order valence-corrected chi connectivity index (χ4v) is 3.56. The van der Waals surface area contributed by atoms with Crippen molar-refractivity contribution < 1.29 is 4.79 Å². The maximum Gasteiger partial charge on any atom is 0.240 e. The lowest BCUT2D eigenvalue weighted by molar-refractivity contribution is -0.117. The molecule has 0 spiro atoms. The van der Waals surface area contributed by atoms with Gasteiger partial charge in [-0.1, -0.05) is 41.6 Å². The van der Waals surface area contributed by atoms with Crippen molar-refractivity contribution in [3.63, 3.8) is 0 Å². The van der Waals surface area contributed by atoms with E-state index >= 15 is 0 Å². The molecule has 0 saturated heterocycles. The minimum absolute atomic E-state index is 0.114. The largest absolute Gasteiger partial charge is 0.310 e. The Hall–Kier alpha value is -2.89. The van der Waals surface area contributed by atoms with E-state index in [4.69, 9.17) is 16.9 Å². The molecule has 1 heterocycles. The summed E-state index contributed by atoms with van der Waals surface area (Å²) >= 11 is 7.19. The van der Waals surface area contributed by atoms with E-state index in [0.29, 0.717) is 16.7 Å². The Balaban J connectivity index is 1.79. The number of amides is 1. The molecule has 0 aliphatic rings. The van der Waals surface area contributed by atoms with Crippen molar-refractivity contribution >= 4 is 35.0 Å². The standard InChI is InChI=1S/C19H17ClN6OS/c1-14(18(27)25(13-5-12-21)16-6-3-2-4-7-16)28-19-22-23-24-26(19)17-10-8-15(20)9-11-17/h2-4,6-11,14H,5,13H2,1H3/t14-/m0/s1. The topological polar surface area (TPSA) is 87.7 Å². The molecule has 0 aliphatic carbocycles. The molecule has 0 saturated carbocycles. The summed E-state index contributed by atoms with van der Waals surface area (Å²) in [6.45, 7) is 2.13. The second kappa shape index (κ2) is 9.35. The number of nitrogens with zero attached hydrogens (tertiary/aromatic N) is 6. The molecule has 0 fully saturated rings. The van der Waals surface area contributed by atoms with E-state index in [2.05, 4.69) is 21.6 Å². The maximum absolute atomic E-state index is 13.1. The summed E-state index contributed by atoms with van der Waals surface area (Å²) in [5.41, 5.74) is 1.51. The number of anilines is 1. The van der Waals surface area contributed by atoms with Crippen LogP contribution in [0.4, 0.5) is 5.69 Å². The first kappa shape index (κ1) is 19.9. The van der Waals surface area contributed by atoms with Crippen LogP contribution in [0.2, 0.25) is 5.02 Å². The van der Waals surface area contributed by atoms with E-state index in [1.807, 2.05) is 30.3 Å². The highest BCUT2D eigenvalue weighted by atomic mass is 35.5. The molecular weight excluding hydrogens is 396 g/mol. The number of para-hydroxylation sites is 1. The fraction of sp³-hybridized carbons (Fsp3) is 0.211. The van der Waals surface area contributed by atoms with Crippen LogP contribution < -0.4 is 4.90 Å². The van der Waals surface area contributed by atoms with Crippen LogP contribution in [0, 0.1) is 11.3 Å². The molecular formula is C19H17ClN6OS. The Labute approximate surface area is 171 Å². The summed E-state index contributed by atoms with van der Waals surface area (Å²) in [6, 6.07) is 18.5. The molecule has 3 rings (SSSR count). The molecule has 2 aromatic carbocycles. The summed E-state index contributed by atoms with van der Waals surface area (Å²) in [5, 5.41) is 21.4. The predicted octanol–water partition coefficient (Wildman–Crippen LogP) is 3.74. The van der Waals surface area contributed by atoms with Gasteiger partial charge in [-0.2, -0.15) is 9.94 Å². The number of thioether (sulfide) groups is 1. The molecule has 1 aromatic heterocycles. The van der Waals surface area contributed by atoms with Gasteiger partial charge >= 0.3 is 0 Å². The number of carbonyl (C=O) groups excluding carboxylic acids is 1. The first-order chi connectivity index (χ1) is 13.6. The number of carbonyl (C=O) groups is 1. The molecule has 0 unspecified atom stereocenters. The summed E-state index contributed by atoms with van der Waals surface area (Å²) in [6.07, 6.45) is 0.251. The third-order valence-corrected chi connectivity index (χ3v) is 5.20. The second-order valence-corrected chi connectivity index (χ2v) is 7.59. The quantitative estimate of drug-likeness (QED) is 0.549. The van der Waals surface area contributed by atoms with Crippen LogP contribution in [0.15, 0.2) is 59.8 Å². The van der Waals surface area contributed by atoms with E-state index in [1.165, 1.54) is 11.8 Å². The smallest absolute Gasteiger partial charge is 0.240 e. The van der Waals surface area contributed by atoms with Crippen molar-refractivity contribution in [1.29, 1.82) is 5.26 Å². The van der Waals surface area contributed by atoms with Gasteiger partial charge in [-0.3, -0.25) is 4.79 Å². The van der Waals surface area contributed by atoms with Crippen LogP contribution in [0.25, 0.3) is 5.69 Å². The Morgan fingerprint density at radius 1 is 1.25 bits per heavy atom. The second-order valence-electron chi connectivity index (χ2n) is 5.84. The summed E-state index contributed by atoms with van der Waals surface area (Å²) in [4.78, 5) is 14.7. The lowest BCUT2D eigenvalue weighted by atomic mass is 10.2. The minimum Gasteiger partial charge on any atom is -0.310 e. The summed E-state index contributed by atoms with van der Waals surface area (Å²) < 4.78 is 1.56. The lowest BCUT2D eigenvalue weighted by Crippen LogP contribution is -2.37. The van der Waals surface area contributed by atoms with E-state index in [0.717, 1.165) is 11.4 Å². The van der Waals surface area contributed by atoms with Gasteiger partial charge in [0.25, 0.3) is 0 Å². The Morgan fingerprint density at radius 2 is 1.96 bits per heavy atom. The maximum atomic E-state index is 13.1. The number of rotatable bonds is 7. The zero-order chi connectivity index (χ0) is 19.9. The average molecular weight is 413 g/mol. The number of halogens is 1. The highest BCUT2D eigenvalue weighted by molar-refractivity contribution is 8.00. The van der Waals surface area contributed by atoms with Crippen LogP contribution in [-0.4, -0.2) is 37.9 Å². The fourth-order valence-electron chi connectivity index (χ4n) is 2.56. The van der Waals surface area contributed by atoms with Crippen LogP contribution in [0.1, 0.15) is 13.3 Å². The van der Waals surface area contributed by atoms with Gasteiger partial charge in [0.05, 0.1) is 23.4 Å². The van der Waals surface area contributed by atoms with Crippen LogP contribution in [-0.2, 0) is 4.79 Å². The monoisotopic (exact) mass is 412 g/mol. The van der Waals surface area contributed by atoms with Gasteiger partial charge in [0.15, 0.2) is 0 Å². The Morgan fingerprint density at radius 3 is 2.64 bits per heavy atom. The van der Waals surface area contributed by atoms with Crippen molar-refractivity contribution in [3.8, 4) is 11.8 Å². The lowest BCUT2D eigenvalue weighted by Gasteiger charge is -2.24. The van der Waals surface area contributed by atoms with Crippen molar-refractivity contribution in [1.82, 2.24) is 20.2 Å². The number of aromatic nitrogens is 4. The molecule has 0 N–H and O–H groups in total. The highest BCUT2D eigenvalue weighted by Gasteiger charge is 2.25.